The van der Waals surface area contributed by atoms with E-state index in [0.717, 1.165) is 16.9 Å². The van der Waals surface area contributed by atoms with Gasteiger partial charge in [-0.2, -0.15) is 5.10 Å². The zero-order valence-electron chi connectivity index (χ0n) is 11.2. The third-order valence-electron chi connectivity index (χ3n) is 3.12. The number of anilines is 1. The topological polar surface area (TPSA) is 84.1 Å². The van der Waals surface area contributed by atoms with Crippen LogP contribution in [0.15, 0.2) is 12.5 Å². The molecule has 1 N–H and O–H groups in total. The van der Waals surface area contributed by atoms with Crippen LogP contribution in [-0.2, 0) is 11.8 Å². The Morgan fingerprint density at radius 3 is 2.89 bits per heavy atom. The molecule has 0 radical (unpaired) electrons. The molecule has 0 aliphatic rings. The van der Waals surface area contributed by atoms with Crippen LogP contribution in [0, 0.1) is 0 Å². The van der Waals surface area contributed by atoms with Gasteiger partial charge >= 0.3 is 5.97 Å². The summed E-state index contributed by atoms with van der Waals surface area (Å²) in [6, 6.07) is -0.138. The summed E-state index contributed by atoms with van der Waals surface area (Å²) in [6.07, 6.45) is 3.26. The molecule has 1 unspecified atom stereocenters. The molecule has 0 aliphatic carbocycles. The van der Waals surface area contributed by atoms with Crippen molar-refractivity contribution in [3.05, 3.63) is 12.5 Å². The van der Waals surface area contributed by atoms with E-state index in [1.165, 1.54) is 6.33 Å². The Labute approximate surface area is 110 Å². The highest BCUT2D eigenvalue weighted by Gasteiger charge is 2.20. The third kappa shape index (κ3) is 2.49. The average molecular weight is 263 g/mol. The van der Waals surface area contributed by atoms with Crippen LogP contribution in [-0.4, -0.2) is 43.4 Å². The van der Waals surface area contributed by atoms with E-state index in [0.29, 0.717) is 6.54 Å². The van der Waals surface area contributed by atoms with Gasteiger partial charge in [-0.1, -0.05) is 0 Å². The fourth-order valence-electron chi connectivity index (χ4n) is 2.21. The van der Waals surface area contributed by atoms with E-state index in [9.17, 15) is 4.79 Å². The molecule has 0 aliphatic heterocycles. The van der Waals surface area contributed by atoms with Crippen molar-refractivity contribution >= 4 is 22.8 Å². The molecule has 2 heterocycles. The summed E-state index contributed by atoms with van der Waals surface area (Å²) >= 11 is 0. The fourth-order valence-corrected chi connectivity index (χ4v) is 2.21. The van der Waals surface area contributed by atoms with E-state index in [1.54, 1.807) is 10.9 Å². The van der Waals surface area contributed by atoms with Crippen molar-refractivity contribution in [1.82, 2.24) is 19.7 Å². The number of hydrogen-bond donors (Lipinski definition) is 1. The van der Waals surface area contributed by atoms with Gasteiger partial charge in [-0.05, 0) is 13.8 Å². The lowest BCUT2D eigenvalue weighted by atomic mass is 10.2. The summed E-state index contributed by atoms with van der Waals surface area (Å²) in [5.74, 6) is -0.0863. The van der Waals surface area contributed by atoms with Crippen LogP contribution in [0.5, 0.6) is 0 Å². The number of aryl methyl sites for hydroxylation is 1. The van der Waals surface area contributed by atoms with Gasteiger partial charge in [0.25, 0.3) is 0 Å². The predicted molar refractivity (Wildman–Crippen MR) is 71.0 cm³/mol. The number of rotatable bonds is 5. The lowest BCUT2D eigenvalue weighted by Crippen LogP contribution is -2.35. The maximum atomic E-state index is 10.9. The first-order chi connectivity index (χ1) is 9.04. The smallest absolute Gasteiger partial charge is 0.305 e. The van der Waals surface area contributed by atoms with E-state index in [2.05, 4.69) is 15.1 Å². The Morgan fingerprint density at radius 1 is 1.53 bits per heavy atom. The Bertz CT molecular complexity index is 595. The standard InChI is InChI=1S/C12H17N5O2/c1-4-17(8(2)5-10(18)19)12-9-6-15-16(3)11(9)13-7-14-12/h6-8H,4-5H2,1-3H3,(H,18,19). The van der Waals surface area contributed by atoms with Gasteiger partial charge in [0.15, 0.2) is 5.65 Å². The van der Waals surface area contributed by atoms with Crippen molar-refractivity contribution in [2.45, 2.75) is 26.3 Å². The zero-order chi connectivity index (χ0) is 14.0. The molecule has 0 bridgehead atoms. The predicted octanol–water partition coefficient (Wildman–Crippen LogP) is 1.05. The zero-order valence-corrected chi connectivity index (χ0v) is 11.2. The average Bonchev–Trinajstić information content (AvgIpc) is 2.72. The summed E-state index contributed by atoms with van der Waals surface area (Å²) in [7, 11) is 1.82. The number of carboxylic acid groups (broad SMARTS) is 1. The summed E-state index contributed by atoms with van der Waals surface area (Å²) in [5, 5.41) is 13.9. The SMILES string of the molecule is CCN(c1ncnc2c1cnn2C)C(C)CC(=O)O. The summed E-state index contributed by atoms with van der Waals surface area (Å²) in [4.78, 5) is 21.3. The van der Waals surface area contributed by atoms with Gasteiger partial charge in [0.1, 0.15) is 12.1 Å². The number of carbonyl (C=O) groups is 1. The minimum Gasteiger partial charge on any atom is -0.481 e. The van der Waals surface area contributed by atoms with Gasteiger partial charge in [0, 0.05) is 19.6 Å². The Hall–Kier alpha value is -2.18. The van der Waals surface area contributed by atoms with Gasteiger partial charge in [0.05, 0.1) is 18.0 Å². The molecule has 2 rings (SSSR count). The van der Waals surface area contributed by atoms with Crippen LogP contribution in [0.25, 0.3) is 11.0 Å². The number of fused-ring (bicyclic) bond motifs is 1. The van der Waals surface area contributed by atoms with Gasteiger partial charge in [-0.3, -0.25) is 9.48 Å². The molecule has 7 nitrogen and oxygen atoms in total. The highest BCUT2D eigenvalue weighted by atomic mass is 16.4. The van der Waals surface area contributed by atoms with Gasteiger partial charge < -0.3 is 10.0 Å². The fraction of sp³-hybridized carbons (Fsp3) is 0.500. The molecule has 2 aromatic heterocycles. The maximum Gasteiger partial charge on any atom is 0.305 e. The molecule has 0 aromatic carbocycles. The molecule has 7 heteroatoms. The first kappa shape index (κ1) is 13.3. The number of carboxylic acids is 1. The van der Waals surface area contributed by atoms with E-state index < -0.39 is 5.97 Å². The highest BCUT2D eigenvalue weighted by molar-refractivity contribution is 5.87. The van der Waals surface area contributed by atoms with Crippen LogP contribution in [0.2, 0.25) is 0 Å². The van der Waals surface area contributed by atoms with Crippen LogP contribution in [0.1, 0.15) is 20.3 Å². The summed E-state index contributed by atoms with van der Waals surface area (Å²) in [5.41, 5.74) is 0.742. The van der Waals surface area contributed by atoms with Crippen molar-refractivity contribution in [3.8, 4) is 0 Å². The van der Waals surface area contributed by atoms with Crippen molar-refractivity contribution in [1.29, 1.82) is 0 Å². The Morgan fingerprint density at radius 2 is 2.26 bits per heavy atom. The second-order valence-corrected chi connectivity index (χ2v) is 4.44. The quantitative estimate of drug-likeness (QED) is 0.868. The van der Waals surface area contributed by atoms with Crippen molar-refractivity contribution in [2.24, 2.45) is 7.05 Å². The third-order valence-corrected chi connectivity index (χ3v) is 3.12. The second-order valence-electron chi connectivity index (χ2n) is 4.44. The van der Waals surface area contributed by atoms with Gasteiger partial charge in [-0.25, -0.2) is 9.97 Å². The molecule has 102 valence electrons. The monoisotopic (exact) mass is 263 g/mol. The van der Waals surface area contributed by atoms with E-state index >= 15 is 0 Å². The minimum absolute atomic E-state index is 0.0690. The molecule has 0 saturated heterocycles. The molecule has 0 spiro atoms. The maximum absolute atomic E-state index is 10.9. The largest absolute Gasteiger partial charge is 0.481 e. The molecule has 0 saturated carbocycles. The van der Waals surface area contributed by atoms with Crippen LogP contribution >= 0.6 is 0 Å². The first-order valence-corrected chi connectivity index (χ1v) is 6.15. The molecule has 1 atom stereocenters. The van der Waals surface area contributed by atoms with Crippen LogP contribution in [0.3, 0.4) is 0 Å². The molecule has 2 aromatic rings. The lowest BCUT2D eigenvalue weighted by Gasteiger charge is -2.28. The molecule has 19 heavy (non-hydrogen) atoms. The normalized spacial score (nSPS) is 12.6. The number of aromatic nitrogens is 4. The number of hydrogen-bond acceptors (Lipinski definition) is 5. The minimum atomic E-state index is -0.817. The highest BCUT2D eigenvalue weighted by Crippen LogP contribution is 2.24. The molecule has 0 fully saturated rings. The Balaban J connectivity index is 2.43. The van der Waals surface area contributed by atoms with E-state index in [4.69, 9.17) is 5.11 Å². The van der Waals surface area contributed by atoms with Gasteiger partial charge in [-0.15, -0.1) is 0 Å². The van der Waals surface area contributed by atoms with Crippen molar-refractivity contribution in [3.63, 3.8) is 0 Å². The molecular formula is C12H17N5O2. The summed E-state index contributed by atoms with van der Waals surface area (Å²) < 4.78 is 1.68. The van der Waals surface area contributed by atoms with Crippen molar-refractivity contribution < 1.29 is 9.90 Å². The van der Waals surface area contributed by atoms with Crippen LogP contribution in [0.4, 0.5) is 5.82 Å². The Kier molecular flexibility index (Phi) is 3.64. The van der Waals surface area contributed by atoms with Crippen molar-refractivity contribution in [2.75, 3.05) is 11.4 Å². The van der Waals surface area contributed by atoms with Gasteiger partial charge in [0.2, 0.25) is 0 Å². The molecular weight excluding hydrogens is 246 g/mol. The number of nitrogens with zero attached hydrogens (tertiary/aromatic N) is 5. The lowest BCUT2D eigenvalue weighted by molar-refractivity contribution is -0.137. The first-order valence-electron chi connectivity index (χ1n) is 6.15. The second kappa shape index (κ2) is 5.21. The molecule has 0 amide bonds. The van der Waals surface area contributed by atoms with E-state index in [1.807, 2.05) is 25.8 Å². The number of aliphatic carboxylic acids is 1. The van der Waals surface area contributed by atoms with Crippen LogP contribution < -0.4 is 4.90 Å². The van der Waals surface area contributed by atoms with E-state index in [-0.39, 0.29) is 12.5 Å². The summed E-state index contributed by atoms with van der Waals surface area (Å²) in [6.45, 7) is 4.53.